The minimum absolute atomic E-state index is 0.118. The van der Waals surface area contributed by atoms with Crippen molar-refractivity contribution in [2.75, 3.05) is 26.0 Å². The van der Waals surface area contributed by atoms with Gasteiger partial charge in [-0.2, -0.15) is 8.42 Å². The summed E-state index contributed by atoms with van der Waals surface area (Å²) >= 11 is 0. The smallest absolute Gasteiger partial charge is 0.410 e. The standard InChI is InChI=1S/C11H21NO6S/c1-11(2,3)18-10(14)12-5-8(9(13)6-12)7-17-19(4,15)16/h8-9,13H,5-7H2,1-4H3/t8-,9+/m1/s1. The van der Waals surface area contributed by atoms with E-state index < -0.39 is 33.8 Å². The molecule has 0 spiro atoms. The number of hydrogen-bond acceptors (Lipinski definition) is 6. The Labute approximate surface area is 113 Å². The first kappa shape index (κ1) is 16.2. The molecule has 1 N–H and O–H groups in total. The van der Waals surface area contributed by atoms with Gasteiger partial charge in [-0.1, -0.05) is 0 Å². The largest absolute Gasteiger partial charge is 0.444 e. The van der Waals surface area contributed by atoms with Crippen LogP contribution in [0.3, 0.4) is 0 Å². The maximum Gasteiger partial charge on any atom is 0.410 e. The molecule has 112 valence electrons. The Hall–Kier alpha value is -0.860. The predicted octanol–water partition coefficient (Wildman–Crippen LogP) is 0.190. The number of hydrogen-bond donors (Lipinski definition) is 1. The van der Waals surface area contributed by atoms with E-state index in [0.717, 1.165) is 6.26 Å². The number of aliphatic hydroxyl groups is 1. The van der Waals surface area contributed by atoms with Crippen molar-refractivity contribution in [3.8, 4) is 0 Å². The van der Waals surface area contributed by atoms with Crippen LogP contribution in [0.2, 0.25) is 0 Å². The maximum absolute atomic E-state index is 11.8. The Balaban J connectivity index is 2.53. The molecule has 1 heterocycles. The number of carbonyl (C=O) groups is 1. The van der Waals surface area contributed by atoms with Crippen molar-refractivity contribution in [3.63, 3.8) is 0 Å². The quantitative estimate of drug-likeness (QED) is 0.747. The fraction of sp³-hybridized carbons (Fsp3) is 0.909. The second-order valence-electron chi connectivity index (χ2n) is 5.70. The number of nitrogens with zero attached hydrogens (tertiary/aromatic N) is 1. The van der Waals surface area contributed by atoms with Crippen LogP contribution in [0.4, 0.5) is 4.79 Å². The topological polar surface area (TPSA) is 93.1 Å². The van der Waals surface area contributed by atoms with E-state index in [0.29, 0.717) is 0 Å². The van der Waals surface area contributed by atoms with Crippen molar-refractivity contribution in [2.24, 2.45) is 5.92 Å². The van der Waals surface area contributed by atoms with Crippen LogP contribution < -0.4 is 0 Å². The molecule has 1 aliphatic rings. The maximum atomic E-state index is 11.8. The lowest BCUT2D eigenvalue weighted by Crippen LogP contribution is -2.36. The van der Waals surface area contributed by atoms with Crippen LogP contribution >= 0.6 is 0 Å². The summed E-state index contributed by atoms with van der Waals surface area (Å²) in [6.07, 6.45) is -0.386. The highest BCUT2D eigenvalue weighted by molar-refractivity contribution is 7.85. The highest BCUT2D eigenvalue weighted by atomic mass is 32.2. The molecule has 19 heavy (non-hydrogen) atoms. The number of likely N-dealkylation sites (tertiary alicyclic amines) is 1. The second kappa shape index (κ2) is 5.64. The monoisotopic (exact) mass is 295 g/mol. The fourth-order valence-corrected chi connectivity index (χ4v) is 2.13. The van der Waals surface area contributed by atoms with Gasteiger partial charge in [-0.3, -0.25) is 4.18 Å². The van der Waals surface area contributed by atoms with E-state index in [1.165, 1.54) is 4.90 Å². The number of β-amino-alcohol motifs (C(OH)–C–C–N with tert-alkyl or cyclic N) is 1. The second-order valence-corrected chi connectivity index (χ2v) is 7.35. The minimum atomic E-state index is -3.55. The molecule has 1 amide bonds. The van der Waals surface area contributed by atoms with Crippen LogP contribution in [0.5, 0.6) is 0 Å². The average Bonchev–Trinajstić information content (AvgIpc) is 2.53. The molecule has 1 aliphatic heterocycles. The third-order valence-electron chi connectivity index (χ3n) is 2.55. The normalized spacial score (nSPS) is 24.6. The zero-order chi connectivity index (χ0) is 14.8. The first-order chi connectivity index (χ1) is 8.48. The van der Waals surface area contributed by atoms with Gasteiger partial charge in [0.15, 0.2) is 0 Å². The molecule has 7 nitrogen and oxygen atoms in total. The van der Waals surface area contributed by atoms with Gasteiger partial charge in [-0.25, -0.2) is 4.79 Å². The van der Waals surface area contributed by atoms with Gasteiger partial charge in [0.1, 0.15) is 5.60 Å². The van der Waals surface area contributed by atoms with Gasteiger partial charge in [0.05, 0.1) is 25.5 Å². The van der Waals surface area contributed by atoms with Gasteiger partial charge in [0.2, 0.25) is 0 Å². The molecule has 2 atom stereocenters. The molecule has 8 heteroatoms. The van der Waals surface area contributed by atoms with Crippen molar-refractivity contribution in [1.29, 1.82) is 0 Å². The Kier molecular flexibility index (Phi) is 4.81. The van der Waals surface area contributed by atoms with E-state index in [1.54, 1.807) is 20.8 Å². The van der Waals surface area contributed by atoms with Crippen molar-refractivity contribution < 1.29 is 27.2 Å². The predicted molar refractivity (Wildman–Crippen MR) is 68.1 cm³/mol. The van der Waals surface area contributed by atoms with E-state index in [-0.39, 0.29) is 19.7 Å². The van der Waals surface area contributed by atoms with Gasteiger partial charge in [0.25, 0.3) is 10.1 Å². The SMILES string of the molecule is CC(C)(C)OC(=O)N1C[C@H](COS(C)(=O)=O)[C@@H](O)C1. The van der Waals surface area contributed by atoms with Crippen LogP contribution in [0.25, 0.3) is 0 Å². The van der Waals surface area contributed by atoms with Crippen LogP contribution in [0.1, 0.15) is 20.8 Å². The fourth-order valence-electron chi connectivity index (χ4n) is 1.70. The van der Waals surface area contributed by atoms with E-state index in [9.17, 15) is 18.3 Å². The molecule has 0 aliphatic carbocycles. The van der Waals surface area contributed by atoms with Crippen molar-refractivity contribution in [3.05, 3.63) is 0 Å². The summed E-state index contributed by atoms with van der Waals surface area (Å²) < 4.78 is 31.6. The lowest BCUT2D eigenvalue weighted by atomic mass is 10.1. The number of ether oxygens (including phenoxy) is 1. The van der Waals surface area contributed by atoms with Gasteiger partial charge in [0, 0.05) is 12.5 Å². The summed E-state index contributed by atoms with van der Waals surface area (Å²) in [6, 6.07) is 0. The van der Waals surface area contributed by atoms with Gasteiger partial charge >= 0.3 is 6.09 Å². The highest BCUT2D eigenvalue weighted by Gasteiger charge is 2.36. The third kappa shape index (κ3) is 5.75. The molecule has 1 fully saturated rings. The molecule has 1 rings (SSSR count). The molecule has 0 radical (unpaired) electrons. The lowest BCUT2D eigenvalue weighted by molar-refractivity contribution is 0.0269. The number of aliphatic hydroxyl groups excluding tert-OH is 1. The Bertz CT molecular complexity index is 427. The Morgan fingerprint density at radius 1 is 1.37 bits per heavy atom. The van der Waals surface area contributed by atoms with Crippen molar-refractivity contribution >= 4 is 16.2 Å². The van der Waals surface area contributed by atoms with Crippen molar-refractivity contribution in [1.82, 2.24) is 4.90 Å². The molecular formula is C11H21NO6S. The number of amides is 1. The molecule has 0 aromatic heterocycles. The summed E-state index contributed by atoms with van der Waals surface area (Å²) in [6.45, 7) is 5.45. The molecule has 0 saturated carbocycles. The summed E-state index contributed by atoms with van der Waals surface area (Å²) in [5.74, 6) is -0.428. The first-order valence-electron chi connectivity index (χ1n) is 5.98. The summed E-state index contributed by atoms with van der Waals surface area (Å²) in [4.78, 5) is 13.1. The molecule has 1 saturated heterocycles. The summed E-state index contributed by atoms with van der Waals surface area (Å²) in [7, 11) is -3.55. The van der Waals surface area contributed by atoms with E-state index in [2.05, 4.69) is 4.18 Å². The van der Waals surface area contributed by atoms with Gasteiger partial charge in [-0.15, -0.1) is 0 Å². The Morgan fingerprint density at radius 2 is 1.95 bits per heavy atom. The number of rotatable bonds is 3. The zero-order valence-electron chi connectivity index (χ0n) is 11.6. The van der Waals surface area contributed by atoms with Gasteiger partial charge < -0.3 is 14.7 Å². The summed E-state index contributed by atoms with van der Waals surface area (Å²) in [5.41, 5.74) is -0.608. The van der Waals surface area contributed by atoms with Gasteiger partial charge in [-0.05, 0) is 20.8 Å². The van der Waals surface area contributed by atoms with E-state index >= 15 is 0 Å². The minimum Gasteiger partial charge on any atom is -0.444 e. The van der Waals surface area contributed by atoms with Crippen LogP contribution in [-0.4, -0.2) is 62.2 Å². The molecule has 0 aromatic carbocycles. The highest BCUT2D eigenvalue weighted by Crippen LogP contribution is 2.20. The van der Waals surface area contributed by atoms with Crippen LogP contribution in [-0.2, 0) is 19.0 Å². The average molecular weight is 295 g/mol. The lowest BCUT2D eigenvalue weighted by Gasteiger charge is -2.24. The third-order valence-corrected chi connectivity index (χ3v) is 3.12. The molecule has 0 aromatic rings. The first-order valence-corrected chi connectivity index (χ1v) is 7.80. The molecular weight excluding hydrogens is 274 g/mol. The van der Waals surface area contributed by atoms with Crippen LogP contribution in [0, 0.1) is 5.92 Å². The van der Waals surface area contributed by atoms with E-state index in [4.69, 9.17) is 4.74 Å². The molecule has 0 bridgehead atoms. The van der Waals surface area contributed by atoms with Crippen molar-refractivity contribution in [2.45, 2.75) is 32.5 Å². The Morgan fingerprint density at radius 3 is 2.42 bits per heavy atom. The molecule has 0 unspecified atom stereocenters. The van der Waals surface area contributed by atoms with Crippen LogP contribution in [0.15, 0.2) is 0 Å². The van der Waals surface area contributed by atoms with E-state index in [1.807, 2.05) is 0 Å². The number of carbonyl (C=O) groups excluding carboxylic acids is 1. The zero-order valence-corrected chi connectivity index (χ0v) is 12.4. The summed E-state index contributed by atoms with van der Waals surface area (Å²) in [5, 5.41) is 9.78.